The molecule has 0 aromatic carbocycles. The van der Waals surface area contributed by atoms with Crippen LogP contribution >= 0.6 is 0 Å². The summed E-state index contributed by atoms with van der Waals surface area (Å²) in [6, 6.07) is 4.35. The normalized spacial score (nSPS) is 24.2. The molecular formula is C17H26N2O3. The van der Waals surface area contributed by atoms with E-state index in [1.807, 2.05) is 11.0 Å². The van der Waals surface area contributed by atoms with Gasteiger partial charge < -0.3 is 14.1 Å². The summed E-state index contributed by atoms with van der Waals surface area (Å²) in [5, 5.41) is 0. The van der Waals surface area contributed by atoms with Crippen molar-refractivity contribution in [2.75, 3.05) is 39.4 Å². The van der Waals surface area contributed by atoms with E-state index in [1.165, 1.54) is 19.3 Å². The van der Waals surface area contributed by atoms with Gasteiger partial charge in [-0.3, -0.25) is 9.69 Å². The summed E-state index contributed by atoms with van der Waals surface area (Å²) < 4.78 is 10.9. The molecule has 0 bridgehead atoms. The van der Waals surface area contributed by atoms with E-state index < -0.39 is 0 Å². The molecule has 0 unspecified atom stereocenters. The highest BCUT2D eigenvalue weighted by atomic mass is 16.5. The number of carbonyl (C=O) groups excluding carboxylic acids is 1. The van der Waals surface area contributed by atoms with Crippen LogP contribution in [0.4, 0.5) is 0 Å². The summed E-state index contributed by atoms with van der Waals surface area (Å²) in [5.74, 6) is 1.30. The van der Waals surface area contributed by atoms with Crippen molar-refractivity contribution in [3.8, 4) is 0 Å². The van der Waals surface area contributed by atoms with Gasteiger partial charge in [0.05, 0.1) is 25.5 Å². The fraction of sp³-hybridized carbons (Fsp3) is 0.706. The fourth-order valence-electron chi connectivity index (χ4n) is 3.45. The summed E-state index contributed by atoms with van der Waals surface area (Å²) in [6.45, 7) is 4.69. The molecule has 1 atom stereocenters. The maximum absolute atomic E-state index is 12.3. The lowest BCUT2D eigenvalue weighted by Gasteiger charge is -2.30. The van der Waals surface area contributed by atoms with Gasteiger partial charge in [0.15, 0.2) is 0 Å². The van der Waals surface area contributed by atoms with Gasteiger partial charge in [-0.25, -0.2) is 0 Å². The molecule has 3 heterocycles. The first kappa shape index (κ1) is 15.6. The smallest absolute Gasteiger partial charge is 0.224 e. The highest BCUT2D eigenvalue weighted by Crippen LogP contribution is 2.30. The second-order valence-electron chi connectivity index (χ2n) is 6.16. The average molecular weight is 306 g/mol. The predicted molar refractivity (Wildman–Crippen MR) is 83.5 cm³/mol. The number of rotatable bonds is 4. The van der Waals surface area contributed by atoms with Gasteiger partial charge in [-0.15, -0.1) is 0 Å². The molecule has 2 aliphatic heterocycles. The standard InChI is InChI=1S/C17H26N2O3/c20-17(19-10-13-21-14-11-19)7-9-18-8-3-1-2-5-15(18)16-6-4-12-22-16/h4,6,12,15H,1-3,5,7-11,13-14H2/t15-/m1/s1. The lowest BCUT2D eigenvalue weighted by molar-refractivity contribution is -0.135. The third kappa shape index (κ3) is 3.90. The monoisotopic (exact) mass is 306 g/mol. The summed E-state index contributed by atoms with van der Waals surface area (Å²) >= 11 is 0. The molecule has 0 spiro atoms. The van der Waals surface area contributed by atoms with Crippen LogP contribution in [0.15, 0.2) is 22.8 Å². The van der Waals surface area contributed by atoms with Crippen LogP contribution < -0.4 is 0 Å². The summed E-state index contributed by atoms with van der Waals surface area (Å²) in [7, 11) is 0. The van der Waals surface area contributed by atoms with Gasteiger partial charge in [-0.1, -0.05) is 12.8 Å². The molecular weight excluding hydrogens is 280 g/mol. The third-order valence-corrected chi connectivity index (χ3v) is 4.71. The van der Waals surface area contributed by atoms with E-state index >= 15 is 0 Å². The Morgan fingerprint density at radius 1 is 1.18 bits per heavy atom. The Balaban J connectivity index is 1.57. The van der Waals surface area contributed by atoms with Crippen LogP contribution in [0, 0.1) is 0 Å². The number of morpholine rings is 1. The quantitative estimate of drug-likeness (QED) is 0.857. The van der Waals surface area contributed by atoms with Crippen molar-refractivity contribution >= 4 is 5.91 Å². The van der Waals surface area contributed by atoms with E-state index in [0.717, 1.165) is 38.4 Å². The van der Waals surface area contributed by atoms with E-state index in [0.29, 0.717) is 25.7 Å². The first-order chi connectivity index (χ1) is 10.8. The number of nitrogens with zero attached hydrogens (tertiary/aromatic N) is 2. The lowest BCUT2D eigenvalue weighted by atomic mass is 10.1. The van der Waals surface area contributed by atoms with Crippen LogP contribution in [0.5, 0.6) is 0 Å². The molecule has 0 aliphatic carbocycles. The molecule has 2 saturated heterocycles. The van der Waals surface area contributed by atoms with Gasteiger partial charge in [-0.2, -0.15) is 0 Å². The molecule has 0 N–H and O–H groups in total. The average Bonchev–Trinajstić information content (AvgIpc) is 2.99. The Labute approximate surface area is 132 Å². The van der Waals surface area contributed by atoms with E-state index in [-0.39, 0.29) is 5.91 Å². The van der Waals surface area contributed by atoms with Crippen LogP contribution in [-0.2, 0) is 9.53 Å². The van der Waals surface area contributed by atoms with Crippen LogP contribution in [0.3, 0.4) is 0 Å². The number of amides is 1. The van der Waals surface area contributed by atoms with Crippen LogP contribution in [0.2, 0.25) is 0 Å². The van der Waals surface area contributed by atoms with Crippen LogP contribution in [-0.4, -0.2) is 55.1 Å². The van der Waals surface area contributed by atoms with Gasteiger partial charge >= 0.3 is 0 Å². The number of carbonyl (C=O) groups is 1. The highest BCUT2D eigenvalue weighted by molar-refractivity contribution is 5.76. The zero-order valence-corrected chi connectivity index (χ0v) is 13.2. The van der Waals surface area contributed by atoms with Gasteiger partial charge in [0.1, 0.15) is 5.76 Å². The van der Waals surface area contributed by atoms with Crippen molar-refractivity contribution in [3.63, 3.8) is 0 Å². The van der Waals surface area contributed by atoms with Crippen LogP contribution in [0.1, 0.15) is 43.9 Å². The van der Waals surface area contributed by atoms with Gasteiger partial charge in [0, 0.05) is 26.1 Å². The topological polar surface area (TPSA) is 45.9 Å². The van der Waals surface area contributed by atoms with E-state index in [2.05, 4.69) is 11.0 Å². The molecule has 1 amide bonds. The first-order valence-electron chi connectivity index (χ1n) is 8.47. The number of likely N-dealkylation sites (tertiary alicyclic amines) is 1. The van der Waals surface area contributed by atoms with Crippen LogP contribution in [0.25, 0.3) is 0 Å². The molecule has 0 saturated carbocycles. The number of furan rings is 1. The molecule has 1 aromatic rings. The Morgan fingerprint density at radius 2 is 2.05 bits per heavy atom. The predicted octanol–water partition coefficient (Wildman–Crippen LogP) is 2.45. The molecule has 3 rings (SSSR count). The summed E-state index contributed by atoms with van der Waals surface area (Å²) in [4.78, 5) is 16.7. The van der Waals surface area contributed by atoms with E-state index in [1.54, 1.807) is 6.26 Å². The maximum Gasteiger partial charge on any atom is 0.224 e. The van der Waals surface area contributed by atoms with Gasteiger partial charge in [0.25, 0.3) is 0 Å². The minimum Gasteiger partial charge on any atom is -0.468 e. The number of hydrogen-bond donors (Lipinski definition) is 0. The van der Waals surface area contributed by atoms with Crippen molar-refractivity contribution in [2.24, 2.45) is 0 Å². The second kappa shape index (κ2) is 7.79. The molecule has 0 radical (unpaired) electrons. The van der Waals surface area contributed by atoms with Crippen molar-refractivity contribution < 1.29 is 13.9 Å². The Hall–Kier alpha value is -1.33. The number of hydrogen-bond acceptors (Lipinski definition) is 4. The second-order valence-corrected chi connectivity index (χ2v) is 6.16. The molecule has 22 heavy (non-hydrogen) atoms. The van der Waals surface area contributed by atoms with Gasteiger partial charge in [-0.05, 0) is 31.5 Å². The first-order valence-corrected chi connectivity index (χ1v) is 8.47. The van der Waals surface area contributed by atoms with Crippen molar-refractivity contribution in [1.29, 1.82) is 0 Å². The third-order valence-electron chi connectivity index (χ3n) is 4.71. The molecule has 5 heteroatoms. The fourth-order valence-corrected chi connectivity index (χ4v) is 3.45. The lowest BCUT2D eigenvalue weighted by Crippen LogP contribution is -2.42. The Kier molecular flexibility index (Phi) is 5.51. The maximum atomic E-state index is 12.3. The zero-order chi connectivity index (χ0) is 15.2. The van der Waals surface area contributed by atoms with Crippen molar-refractivity contribution in [1.82, 2.24) is 9.80 Å². The molecule has 5 nitrogen and oxygen atoms in total. The number of ether oxygens (including phenoxy) is 1. The minimum atomic E-state index is 0.255. The Bertz CT molecular complexity index is 454. The SMILES string of the molecule is O=C(CCN1CCCCC[C@@H]1c1ccco1)N1CCOCC1. The summed E-state index contributed by atoms with van der Waals surface area (Å²) in [5.41, 5.74) is 0. The zero-order valence-electron chi connectivity index (χ0n) is 13.2. The molecule has 1 aromatic heterocycles. The molecule has 2 fully saturated rings. The van der Waals surface area contributed by atoms with E-state index in [4.69, 9.17) is 9.15 Å². The minimum absolute atomic E-state index is 0.255. The highest BCUT2D eigenvalue weighted by Gasteiger charge is 2.26. The van der Waals surface area contributed by atoms with Gasteiger partial charge in [0.2, 0.25) is 5.91 Å². The van der Waals surface area contributed by atoms with E-state index in [9.17, 15) is 4.79 Å². The molecule has 2 aliphatic rings. The molecule has 122 valence electrons. The van der Waals surface area contributed by atoms with Crippen molar-refractivity contribution in [3.05, 3.63) is 24.2 Å². The Morgan fingerprint density at radius 3 is 2.82 bits per heavy atom. The summed E-state index contributed by atoms with van der Waals surface area (Å²) in [6.07, 6.45) is 7.18. The largest absolute Gasteiger partial charge is 0.468 e. The van der Waals surface area contributed by atoms with Crippen molar-refractivity contribution in [2.45, 2.75) is 38.1 Å².